The van der Waals surface area contributed by atoms with E-state index in [0.717, 1.165) is 24.4 Å². The van der Waals surface area contributed by atoms with Crippen LogP contribution in [0, 0.1) is 5.92 Å². The van der Waals surface area contributed by atoms with Gasteiger partial charge in [-0.15, -0.1) is 0 Å². The van der Waals surface area contributed by atoms with E-state index in [1.54, 1.807) is 4.68 Å². The van der Waals surface area contributed by atoms with E-state index >= 15 is 0 Å². The largest absolute Gasteiger partial charge is 0.346 e. The molecule has 6 nitrogen and oxygen atoms in total. The predicted molar refractivity (Wildman–Crippen MR) is 82.2 cm³/mol. The summed E-state index contributed by atoms with van der Waals surface area (Å²) in [6, 6.07) is 9.90. The first-order chi connectivity index (χ1) is 10.2. The summed E-state index contributed by atoms with van der Waals surface area (Å²) < 4.78 is 1.73. The van der Waals surface area contributed by atoms with Gasteiger partial charge in [0.15, 0.2) is 0 Å². The molecule has 0 saturated heterocycles. The van der Waals surface area contributed by atoms with Gasteiger partial charge in [-0.3, -0.25) is 0 Å². The second kappa shape index (κ2) is 5.81. The van der Waals surface area contributed by atoms with E-state index in [9.17, 15) is 0 Å². The molecule has 3 N–H and O–H groups in total. The maximum Gasteiger partial charge on any atom is 0.248 e. The highest BCUT2D eigenvalue weighted by atomic mass is 15.6. The summed E-state index contributed by atoms with van der Waals surface area (Å²) in [5.41, 5.74) is 6.90. The number of nitrogens with zero attached hydrogens (tertiary/aromatic N) is 4. The lowest BCUT2D eigenvalue weighted by molar-refractivity contribution is 0.270. The minimum Gasteiger partial charge on any atom is -0.346 e. The van der Waals surface area contributed by atoms with Gasteiger partial charge in [0.2, 0.25) is 5.95 Å². The third-order valence-electron chi connectivity index (χ3n) is 4.47. The Morgan fingerprint density at radius 3 is 2.67 bits per heavy atom. The Labute approximate surface area is 124 Å². The van der Waals surface area contributed by atoms with E-state index in [0.29, 0.717) is 12.5 Å². The number of hydrogen-bond donors (Lipinski definition) is 2. The van der Waals surface area contributed by atoms with Crippen LogP contribution in [0.5, 0.6) is 0 Å². The zero-order valence-corrected chi connectivity index (χ0v) is 12.4. The Balaban J connectivity index is 1.84. The Bertz CT molecular complexity index is 571. The number of aromatic nitrogens is 4. The van der Waals surface area contributed by atoms with Crippen molar-refractivity contribution in [1.82, 2.24) is 20.2 Å². The van der Waals surface area contributed by atoms with Gasteiger partial charge in [-0.2, -0.15) is 4.68 Å². The molecule has 1 fully saturated rings. The van der Waals surface area contributed by atoms with Crippen molar-refractivity contribution in [1.29, 1.82) is 0 Å². The molecule has 0 radical (unpaired) electrons. The Hall–Kier alpha value is -1.95. The van der Waals surface area contributed by atoms with Gasteiger partial charge in [-0.05, 0) is 54.2 Å². The fourth-order valence-electron chi connectivity index (χ4n) is 2.94. The summed E-state index contributed by atoms with van der Waals surface area (Å²) in [6.45, 7) is 2.90. The van der Waals surface area contributed by atoms with E-state index in [2.05, 4.69) is 27.8 Å². The summed E-state index contributed by atoms with van der Waals surface area (Å²) in [5, 5.41) is 15.5. The first kappa shape index (κ1) is 14.0. The molecule has 2 aromatic rings. The molecule has 1 heterocycles. The lowest BCUT2D eigenvalue weighted by Crippen LogP contribution is -2.48. The average molecular weight is 286 g/mol. The van der Waals surface area contributed by atoms with Gasteiger partial charge in [0.1, 0.15) is 0 Å². The molecule has 1 aliphatic carbocycles. The number of anilines is 1. The molecule has 3 rings (SSSR count). The predicted octanol–water partition coefficient (Wildman–Crippen LogP) is 1.98. The number of hydrogen-bond acceptors (Lipinski definition) is 5. The third kappa shape index (κ3) is 2.90. The van der Waals surface area contributed by atoms with Crippen molar-refractivity contribution in [2.75, 3.05) is 11.9 Å². The van der Waals surface area contributed by atoms with Crippen LogP contribution in [0.25, 0.3) is 5.69 Å². The van der Waals surface area contributed by atoms with E-state index < -0.39 is 0 Å². The summed E-state index contributed by atoms with van der Waals surface area (Å²) >= 11 is 0. The van der Waals surface area contributed by atoms with Crippen LogP contribution in [0.2, 0.25) is 0 Å². The van der Waals surface area contributed by atoms with Crippen molar-refractivity contribution < 1.29 is 0 Å². The number of tetrazole rings is 1. The van der Waals surface area contributed by atoms with Crippen LogP contribution in [0.1, 0.15) is 32.6 Å². The lowest BCUT2D eigenvalue weighted by atomic mass is 9.77. The molecule has 1 saturated carbocycles. The highest BCUT2D eigenvalue weighted by Crippen LogP contribution is 2.33. The first-order valence-electron chi connectivity index (χ1n) is 7.54. The summed E-state index contributed by atoms with van der Waals surface area (Å²) in [5.74, 6) is 1.44. The molecule has 1 aliphatic rings. The van der Waals surface area contributed by atoms with Gasteiger partial charge < -0.3 is 11.1 Å². The molecule has 0 bridgehead atoms. The SMILES string of the molecule is CC1CCC(CN)(Nc2nnnn2-c2ccccc2)CC1. The molecule has 0 spiro atoms. The minimum absolute atomic E-state index is 0.0895. The van der Waals surface area contributed by atoms with Crippen LogP contribution in [0.4, 0.5) is 5.95 Å². The zero-order chi connectivity index (χ0) is 14.7. The fraction of sp³-hybridized carbons (Fsp3) is 0.533. The van der Waals surface area contributed by atoms with Crippen molar-refractivity contribution in [2.24, 2.45) is 11.7 Å². The molecule has 0 unspecified atom stereocenters. The van der Waals surface area contributed by atoms with Gasteiger partial charge in [0.25, 0.3) is 0 Å². The molecule has 1 aromatic carbocycles. The van der Waals surface area contributed by atoms with Crippen molar-refractivity contribution in [2.45, 2.75) is 38.1 Å². The molecule has 0 amide bonds. The monoisotopic (exact) mass is 286 g/mol. The van der Waals surface area contributed by atoms with Crippen LogP contribution in [0.3, 0.4) is 0 Å². The molecular weight excluding hydrogens is 264 g/mol. The smallest absolute Gasteiger partial charge is 0.248 e. The van der Waals surface area contributed by atoms with Gasteiger partial charge in [0.05, 0.1) is 11.2 Å². The Morgan fingerprint density at radius 1 is 1.29 bits per heavy atom. The highest BCUT2D eigenvalue weighted by Gasteiger charge is 2.34. The van der Waals surface area contributed by atoms with Crippen molar-refractivity contribution in [3.63, 3.8) is 0 Å². The number of nitrogens with two attached hydrogens (primary N) is 1. The van der Waals surface area contributed by atoms with Gasteiger partial charge in [0, 0.05) is 6.54 Å². The van der Waals surface area contributed by atoms with Crippen LogP contribution < -0.4 is 11.1 Å². The minimum atomic E-state index is -0.0895. The fourth-order valence-corrected chi connectivity index (χ4v) is 2.94. The standard InChI is InChI=1S/C15H22N6/c1-12-7-9-15(11-16,10-8-12)17-14-18-19-20-21(14)13-5-3-2-4-6-13/h2-6,12H,7-11,16H2,1H3,(H,17,18,20). The molecule has 112 valence electrons. The molecule has 21 heavy (non-hydrogen) atoms. The summed E-state index contributed by atoms with van der Waals surface area (Å²) in [6.07, 6.45) is 4.51. The maximum atomic E-state index is 6.05. The number of nitrogens with one attached hydrogen (secondary N) is 1. The topological polar surface area (TPSA) is 81.7 Å². The number of para-hydroxylation sites is 1. The van der Waals surface area contributed by atoms with Crippen LogP contribution >= 0.6 is 0 Å². The van der Waals surface area contributed by atoms with Gasteiger partial charge in [-0.25, -0.2) is 0 Å². The van der Waals surface area contributed by atoms with Gasteiger partial charge in [-0.1, -0.05) is 30.2 Å². The van der Waals surface area contributed by atoms with E-state index in [4.69, 9.17) is 5.73 Å². The lowest BCUT2D eigenvalue weighted by Gasteiger charge is -2.39. The van der Waals surface area contributed by atoms with E-state index in [1.165, 1.54) is 12.8 Å². The van der Waals surface area contributed by atoms with E-state index in [1.807, 2.05) is 30.3 Å². The second-order valence-electron chi connectivity index (χ2n) is 6.04. The molecular formula is C15H22N6. The number of benzene rings is 1. The van der Waals surface area contributed by atoms with Crippen molar-refractivity contribution >= 4 is 5.95 Å². The average Bonchev–Trinajstić information content (AvgIpc) is 2.99. The zero-order valence-electron chi connectivity index (χ0n) is 12.4. The normalized spacial score (nSPS) is 25.7. The molecule has 1 aromatic heterocycles. The van der Waals surface area contributed by atoms with Crippen molar-refractivity contribution in [3.8, 4) is 5.69 Å². The third-order valence-corrected chi connectivity index (χ3v) is 4.47. The van der Waals surface area contributed by atoms with Crippen LogP contribution in [-0.4, -0.2) is 32.3 Å². The quantitative estimate of drug-likeness (QED) is 0.898. The van der Waals surface area contributed by atoms with E-state index in [-0.39, 0.29) is 5.54 Å². The van der Waals surface area contributed by atoms with Crippen LogP contribution in [-0.2, 0) is 0 Å². The van der Waals surface area contributed by atoms with Crippen molar-refractivity contribution in [3.05, 3.63) is 30.3 Å². The van der Waals surface area contributed by atoms with Crippen LogP contribution in [0.15, 0.2) is 30.3 Å². The number of rotatable bonds is 4. The summed E-state index contributed by atoms with van der Waals surface area (Å²) in [4.78, 5) is 0. The highest BCUT2D eigenvalue weighted by molar-refractivity contribution is 5.40. The second-order valence-corrected chi connectivity index (χ2v) is 6.04. The van der Waals surface area contributed by atoms with Gasteiger partial charge >= 0.3 is 0 Å². The maximum absolute atomic E-state index is 6.05. The molecule has 0 atom stereocenters. The Morgan fingerprint density at radius 2 is 2.00 bits per heavy atom. The molecule has 6 heteroatoms. The summed E-state index contributed by atoms with van der Waals surface area (Å²) in [7, 11) is 0. The molecule has 0 aliphatic heterocycles. The first-order valence-corrected chi connectivity index (χ1v) is 7.54. The Kier molecular flexibility index (Phi) is 3.88.